The van der Waals surface area contributed by atoms with Crippen molar-refractivity contribution in [2.24, 2.45) is 4.99 Å². The van der Waals surface area contributed by atoms with Crippen LogP contribution in [0.3, 0.4) is 0 Å². The number of sulfone groups is 1. The maximum Gasteiger partial charge on any atom is 0.252 e. The summed E-state index contributed by atoms with van der Waals surface area (Å²) in [6, 6.07) is 15.8. The molecule has 272 valence electrons. The van der Waals surface area contributed by atoms with Gasteiger partial charge in [-0.3, -0.25) is 19.6 Å². The maximum atomic E-state index is 14.5. The second-order valence-corrected chi connectivity index (χ2v) is 17.4. The molecule has 0 fully saturated rings. The summed E-state index contributed by atoms with van der Waals surface area (Å²) in [5.41, 5.74) is 1.83. The van der Waals surface area contributed by atoms with Crippen LogP contribution in [0.5, 0.6) is 5.75 Å². The number of ether oxygens (including phenoxy) is 1. The van der Waals surface area contributed by atoms with Crippen molar-refractivity contribution in [1.82, 2.24) is 14.1 Å². The standard InChI is InChI=1S/C37H42Cl2N4O6S2/c1-7-20-42(22-23-50(6,45)46)21-10-11-34(44)43-36(28-14-18-30(39)19-15-28)35(27-12-16-29(38)17-13-27)40-37(43)31-25-33(51(47,48)41(4)5)26(8-2)24-32(31)49-9-3/h2,10-19,24-25,35-36H,7,9,20-23H2,1,3-6H3/b11-10+/t35-,36+/m0/s1. The lowest BCUT2D eigenvalue weighted by Crippen LogP contribution is -2.37. The van der Waals surface area contributed by atoms with Gasteiger partial charge in [-0.15, -0.1) is 6.42 Å². The lowest BCUT2D eigenvalue weighted by molar-refractivity contribution is -0.123. The van der Waals surface area contributed by atoms with E-state index in [1.165, 1.54) is 43.5 Å². The van der Waals surface area contributed by atoms with Crippen LogP contribution < -0.4 is 4.74 Å². The molecule has 1 aliphatic rings. The summed E-state index contributed by atoms with van der Waals surface area (Å²) in [5.74, 6) is 2.45. The van der Waals surface area contributed by atoms with Crippen molar-refractivity contribution >= 4 is 54.8 Å². The molecule has 1 heterocycles. The Hall–Kier alpha value is -3.70. The molecule has 0 unspecified atom stereocenters. The number of aliphatic imine (C=N–C) groups is 1. The topological polar surface area (TPSA) is 117 Å². The molecule has 51 heavy (non-hydrogen) atoms. The first-order valence-electron chi connectivity index (χ1n) is 16.3. The van der Waals surface area contributed by atoms with Gasteiger partial charge in [-0.25, -0.2) is 21.1 Å². The van der Waals surface area contributed by atoms with Gasteiger partial charge in [-0.1, -0.05) is 66.4 Å². The Morgan fingerprint density at radius 1 is 0.980 bits per heavy atom. The van der Waals surface area contributed by atoms with E-state index in [0.29, 0.717) is 29.7 Å². The first kappa shape index (κ1) is 40.1. The van der Waals surface area contributed by atoms with Crippen LogP contribution in [-0.4, -0.2) is 95.0 Å². The Bertz CT molecular complexity index is 2040. The Morgan fingerprint density at radius 2 is 1.59 bits per heavy atom. The number of amidine groups is 1. The minimum absolute atomic E-state index is 0.00875. The summed E-state index contributed by atoms with van der Waals surface area (Å²) < 4.78 is 57.9. The SMILES string of the molecule is C#Cc1cc(OCC)c(C2=N[C@@H](c3ccc(Cl)cc3)[C@@H](c3ccc(Cl)cc3)N2C(=O)/C=C/CN(CCC)CCS(C)(=O)=O)cc1S(=O)(=O)N(C)C. The number of sulfonamides is 1. The predicted molar refractivity (Wildman–Crippen MR) is 204 cm³/mol. The smallest absolute Gasteiger partial charge is 0.252 e. The lowest BCUT2D eigenvalue weighted by atomic mass is 9.93. The van der Waals surface area contributed by atoms with Crippen molar-refractivity contribution < 1.29 is 26.4 Å². The van der Waals surface area contributed by atoms with Crippen molar-refractivity contribution in [1.29, 1.82) is 0 Å². The zero-order chi connectivity index (χ0) is 37.5. The fourth-order valence-electron chi connectivity index (χ4n) is 5.71. The van der Waals surface area contributed by atoms with Crippen molar-refractivity contribution in [3.05, 3.63) is 105 Å². The summed E-state index contributed by atoms with van der Waals surface area (Å²) in [4.78, 5) is 23.0. The first-order chi connectivity index (χ1) is 24.1. The monoisotopic (exact) mass is 772 g/mol. The predicted octanol–water partition coefficient (Wildman–Crippen LogP) is 6.01. The molecule has 0 spiro atoms. The number of hydrogen-bond acceptors (Lipinski definition) is 8. The zero-order valence-corrected chi connectivity index (χ0v) is 32.4. The van der Waals surface area contributed by atoms with Crippen LogP contribution >= 0.6 is 23.2 Å². The van der Waals surface area contributed by atoms with E-state index in [0.717, 1.165) is 21.9 Å². The quantitative estimate of drug-likeness (QED) is 0.137. The van der Waals surface area contributed by atoms with Gasteiger partial charge in [0.25, 0.3) is 5.91 Å². The molecule has 10 nitrogen and oxygen atoms in total. The molecule has 1 aliphatic heterocycles. The van der Waals surface area contributed by atoms with Crippen LogP contribution in [0, 0.1) is 12.3 Å². The number of carbonyl (C=O) groups is 1. The van der Waals surface area contributed by atoms with Crippen LogP contribution in [0.15, 0.2) is 82.7 Å². The van der Waals surface area contributed by atoms with Crippen molar-refractivity contribution in [3.63, 3.8) is 0 Å². The van der Waals surface area contributed by atoms with E-state index >= 15 is 0 Å². The minimum Gasteiger partial charge on any atom is -0.493 e. The fraction of sp³-hybridized carbons (Fsp3) is 0.351. The molecule has 0 radical (unpaired) electrons. The van der Waals surface area contributed by atoms with Crippen LogP contribution in [0.1, 0.15) is 54.6 Å². The third kappa shape index (κ3) is 9.80. The van der Waals surface area contributed by atoms with Crippen LogP contribution in [0.2, 0.25) is 10.0 Å². The highest BCUT2D eigenvalue weighted by molar-refractivity contribution is 7.90. The molecule has 1 amide bonds. The van der Waals surface area contributed by atoms with Gasteiger partial charge in [0, 0.05) is 55.1 Å². The van der Waals surface area contributed by atoms with E-state index in [9.17, 15) is 21.6 Å². The number of amides is 1. The number of carbonyl (C=O) groups excluding carboxylic acids is 1. The summed E-state index contributed by atoms with van der Waals surface area (Å²) in [5, 5.41) is 1.03. The summed E-state index contributed by atoms with van der Waals surface area (Å²) in [6.07, 6.45) is 10.9. The molecule has 0 saturated heterocycles. The first-order valence-corrected chi connectivity index (χ1v) is 20.6. The summed E-state index contributed by atoms with van der Waals surface area (Å²) in [7, 11) is -4.41. The third-order valence-corrected chi connectivity index (χ3v) is 11.5. The van der Waals surface area contributed by atoms with E-state index in [1.54, 1.807) is 37.3 Å². The Labute approximate surface area is 311 Å². The molecule has 2 atom stereocenters. The van der Waals surface area contributed by atoms with Gasteiger partial charge in [-0.2, -0.15) is 0 Å². The molecule has 14 heteroatoms. The molecule has 0 bridgehead atoms. The molecule has 0 aromatic heterocycles. The van der Waals surface area contributed by atoms with E-state index in [1.807, 2.05) is 36.1 Å². The highest BCUT2D eigenvalue weighted by Crippen LogP contribution is 2.45. The molecule has 0 saturated carbocycles. The molecule has 4 rings (SSSR count). The van der Waals surface area contributed by atoms with Gasteiger partial charge in [0.05, 0.1) is 28.9 Å². The van der Waals surface area contributed by atoms with E-state index in [4.69, 9.17) is 39.4 Å². The average Bonchev–Trinajstić information content (AvgIpc) is 3.47. The van der Waals surface area contributed by atoms with Gasteiger partial charge in [-0.05, 0) is 67.4 Å². The molecule has 3 aromatic rings. The Balaban J connectivity index is 1.95. The largest absolute Gasteiger partial charge is 0.493 e. The van der Waals surface area contributed by atoms with Gasteiger partial charge in [0.2, 0.25) is 10.0 Å². The third-order valence-electron chi connectivity index (χ3n) is 8.21. The number of halogens is 2. The summed E-state index contributed by atoms with van der Waals surface area (Å²) >= 11 is 12.5. The van der Waals surface area contributed by atoms with Gasteiger partial charge in [0.15, 0.2) is 0 Å². The molecular weight excluding hydrogens is 731 g/mol. The Kier molecular flexibility index (Phi) is 13.5. The van der Waals surface area contributed by atoms with Crippen molar-refractivity contribution in [2.75, 3.05) is 52.3 Å². The number of hydrogen-bond donors (Lipinski definition) is 0. The Morgan fingerprint density at radius 3 is 2.12 bits per heavy atom. The van der Waals surface area contributed by atoms with Crippen molar-refractivity contribution in [2.45, 2.75) is 37.2 Å². The maximum absolute atomic E-state index is 14.5. The molecule has 3 aromatic carbocycles. The van der Waals surface area contributed by atoms with Crippen LogP contribution in [-0.2, 0) is 24.7 Å². The van der Waals surface area contributed by atoms with Crippen LogP contribution in [0.4, 0.5) is 0 Å². The second kappa shape index (κ2) is 17.2. The molecule has 0 aliphatic carbocycles. The van der Waals surface area contributed by atoms with E-state index in [-0.39, 0.29) is 40.0 Å². The van der Waals surface area contributed by atoms with E-state index < -0.39 is 37.9 Å². The zero-order valence-electron chi connectivity index (χ0n) is 29.2. The van der Waals surface area contributed by atoms with Gasteiger partial charge < -0.3 is 4.74 Å². The normalized spacial score (nSPS) is 16.5. The van der Waals surface area contributed by atoms with Crippen molar-refractivity contribution in [3.8, 4) is 18.1 Å². The second-order valence-electron chi connectivity index (χ2n) is 12.2. The van der Waals surface area contributed by atoms with Gasteiger partial charge in [0.1, 0.15) is 27.5 Å². The van der Waals surface area contributed by atoms with Crippen LogP contribution in [0.25, 0.3) is 0 Å². The average molecular weight is 774 g/mol. The summed E-state index contributed by atoms with van der Waals surface area (Å²) in [6.45, 7) is 5.28. The number of terminal acetylenes is 1. The fourth-order valence-corrected chi connectivity index (χ4v) is 7.61. The van der Waals surface area contributed by atoms with Gasteiger partial charge >= 0.3 is 0 Å². The minimum atomic E-state index is -4.04. The number of nitrogens with zero attached hydrogens (tertiary/aromatic N) is 4. The lowest BCUT2D eigenvalue weighted by Gasteiger charge is -2.29. The van der Waals surface area contributed by atoms with E-state index in [2.05, 4.69) is 5.92 Å². The number of benzene rings is 3. The number of rotatable bonds is 15. The highest BCUT2D eigenvalue weighted by Gasteiger charge is 2.43. The molecule has 0 N–H and O–H groups in total. The highest BCUT2D eigenvalue weighted by atomic mass is 35.5. The molecular formula is C37H42Cl2N4O6S2.